The van der Waals surface area contributed by atoms with E-state index < -0.39 is 0 Å². The van der Waals surface area contributed by atoms with Gasteiger partial charge in [-0.3, -0.25) is 0 Å². The molecule has 6 heteroatoms. The summed E-state index contributed by atoms with van der Waals surface area (Å²) >= 11 is 0. The molecule has 0 radical (unpaired) electrons. The van der Waals surface area contributed by atoms with E-state index in [4.69, 9.17) is 14.2 Å². The maximum atomic E-state index is 5.70. The predicted octanol–water partition coefficient (Wildman–Crippen LogP) is 4.16. The molecule has 1 aromatic carbocycles. The summed E-state index contributed by atoms with van der Waals surface area (Å²) < 4.78 is 18.3. The summed E-state index contributed by atoms with van der Waals surface area (Å²) in [5.74, 6) is 0. The van der Waals surface area contributed by atoms with Gasteiger partial charge in [0.15, 0.2) is 0 Å². The van der Waals surface area contributed by atoms with Crippen molar-refractivity contribution in [2.75, 3.05) is 19.8 Å². The molecule has 0 aliphatic carbocycles. The van der Waals surface area contributed by atoms with Gasteiger partial charge in [-0.2, -0.15) is 0 Å². The number of hydrogen-bond acceptors (Lipinski definition) is 5. The number of rotatable bonds is 11. The molecule has 0 fully saturated rings. The van der Waals surface area contributed by atoms with Gasteiger partial charge in [0.05, 0.1) is 39.2 Å². The normalized spacial score (nSPS) is 10.7. The Morgan fingerprint density at radius 2 is 1.46 bits per heavy atom. The van der Waals surface area contributed by atoms with Gasteiger partial charge in [0.1, 0.15) is 5.69 Å². The zero-order valence-electron chi connectivity index (χ0n) is 16.8. The van der Waals surface area contributed by atoms with Crippen LogP contribution < -0.4 is 0 Å². The van der Waals surface area contributed by atoms with E-state index in [0.717, 1.165) is 23.4 Å². The van der Waals surface area contributed by atoms with Crippen LogP contribution >= 0.6 is 0 Å². The Balaban J connectivity index is 0.00000163. The zero-order chi connectivity index (χ0) is 19.2. The van der Waals surface area contributed by atoms with E-state index in [2.05, 4.69) is 48.4 Å². The highest BCUT2D eigenvalue weighted by molar-refractivity contribution is 5.21. The third-order valence-corrected chi connectivity index (χ3v) is 3.47. The Labute approximate surface area is 157 Å². The van der Waals surface area contributed by atoms with E-state index in [1.807, 2.05) is 31.6 Å². The van der Waals surface area contributed by atoms with Crippen LogP contribution in [0.5, 0.6) is 0 Å². The minimum Gasteiger partial charge on any atom is -0.379 e. The number of hydrogen-bond donors (Lipinski definition) is 0. The molecule has 0 unspecified atom stereocenters. The lowest BCUT2D eigenvalue weighted by molar-refractivity contribution is 0.0452. The molecule has 1 heterocycles. The summed E-state index contributed by atoms with van der Waals surface area (Å²) in [6.07, 6.45) is 1.92. The van der Waals surface area contributed by atoms with Crippen molar-refractivity contribution in [1.82, 2.24) is 15.0 Å². The highest BCUT2D eigenvalue weighted by atomic mass is 16.5. The highest BCUT2D eigenvalue weighted by Gasteiger charge is 2.04. The summed E-state index contributed by atoms with van der Waals surface area (Å²) in [6, 6.07) is 8.57. The maximum absolute atomic E-state index is 5.70. The second kappa shape index (κ2) is 13.4. The third-order valence-electron chi connectivity index (χ3n) is 3.47. The number of nitrogens with zero attached hydrogens (tertiary/aromatic N) is 3. The lowest BCUT2D eigenvalue weighted by Crippen LogP contribution is -2.04. The minimum absolute atomic E-state index is 0.314. The van der Waals surface area contributed by atoms with Crippen LogP contribution in [0.1, 0.15) is 57.5 Å². The van der Waals surface area contributed by atoms with Crippen LogP contribution in [0.3, 0.4) is 0 Å². The smallest absolute Gasteiger partial charge is 0.108 e. The first kappa shape index (κ1) is 22.3. The average molecular weight is 364 g/mol. The summed E-state index contributed by atoms with van der Waals surface area (Å²) in [7, 11) is 0. The van der Waals surface area contributed by atoms with Crippen molar-refractivity contribution in [3.05, 3.63) is 47.3 Å². The van der Waals surface area contributed by atoms with E-state index >= 15 is 0 Å². The Kier molecular flexibility index (Phi) is 11.5. The Hall–Kier alpha value is -1.76. The zero-order valence-corrected chi connectivity index (χ0v) is 16.8. The molecular weight excluding hydrogens is 330 g/mol. The van der Waals surface area contributed by atoms with E-state index in [0.29, 0.717) is 39.1 Å². The molecule has 6 nitrogen and oxygen atoms in total. The van der Waals surface area contributed by atoms with E-state index in [1.165, 1.54) is 0 Å². The molecule has 2 rings (SSSR count). The molecule has 26 heavy (non-hydrogen) atoms. The van der Waals surface area contributed by atoms with Gasteiger partial charge in [-0.25, -0.2) is 4.68 Å². The summed E-state index contributed by atoms with van der Waals surface area (Å²) in [5.41, 5.74) is 3.13. The van der Waals surface area contributed by atoms with Crippen molar-refractivity contribution in [2.45, 2.75) is 60.5 Å². The first-order valence-electron chi connectivity index (χ1n) is 9.40. The van der Waals surface area contributed by atoms with Crippen LogP contribution in [0.25, 0.3) is 0 Å². The monoisotopic (exact) mass is 363 g/mol. The quantitative estimate of drug-likeness (QED) is 0.561. The van der Waals surface area contributed by atoms with Crippen molar-refractivity contribution in [3.63, 3.8) is 0 Å². The fraction of sp³-hybridized carbons (Fsp3) is 0.600. The van der Waals surface area contributed by atoms with E-state index in [9.17, 15) is 0 Å². The Bertz CT molecular complexity index is 582. The Morgan fingerprint density at radius 1 is 0.885 bits per heavy atom. The molecule has 0 bridgehead atoms. The molecule has 0 amide bonds. The lowest BCUT2D eigenvalue weighted by Gasteiger charge is -2.06. The minimum atomic E-state index is 0.314. The number of ether oxygens (including phenoxy) is 3. The fourth-order valence-corrected chi connectivity index (χ4v) is 2.09. The van der Waals surface area contributed by atoms with Crippen LogP contribution in [0.4, 0.5) is 0 Å². The van der Waals surface area contributed by atoms with Gasteiger partial charge >= 0.3 is 0 Å². The number of benzene rings is 1. The first-order valence-corrected chi connectivity index (χ1v) is 9.40. The van der Waals surface area contributed by atoms with Gasteiger partial charge in [-0.1, -0.05) is 43.3 Å². The molecule has 0 saturated carbocycles. The largest absolute Gasteiger partial charge is 0.379 e. The van der Waals surface area contributed by atoms with Gasteiger partial charge in [0.2, 0.25) is 0 Å². The summed E-state index contributed by atoms with van der Waals surface area (Å²) in [5, 5.41) is 8.16. The molecule has 0 aliphatic rings. The van der Waals surface area contributed by atoms with Crippen molar-refractivity contribution < 1.29 is 14.2 Å². The molecule has 146 valence electrons. The van der Waals surface area contributed by atoms with Crippen LogP contribution in [0.2, 0.25) is 0 Å². The Morgan fingerprint density at radius 3 is 2.00 bits per heavy atom. The van der Waals surface area contributed by atoms with Gasteiger partial charge in [0.25, 0.3) is 0 Å². The molecule has 0 aliphatic heterocycles. The third kappa shape index (κ3) is 8.56. The second-order valence-corrected chi connectivity index (χ2v) is 5.84. The van der Waals surface area contributed by atoms with E-state index in [-0.39, 0.29) is 0 Å². The summed E-state index contributed by atoms with van der Waals surface area (Å²) in [6.45, 7) is 13.7. The van der Waals surface area contributed by atoms with Crippen molar-refractivity contribution in [2.24, 2.45) is 0 Å². The SMILES string of the molecule is CC.CCOCCOCc1ccc(COCc2cn(C(C)C)nn2)cc1. The molecule has 1 aromatic heterocycles. The second-order valence-electron chi connectivity index (χ2n) is 5.84. The topological polar surface area (TPSA) is 58.4 Å². The molecule has 0 N–H and O–H groups in total. The van der Waals surface area contributed by atoms with Crippen molar-refractivity contribution in [1.29, 1.82) is 0 Å². The molecule has 0 atom stereocenters. The molecular formula is C20H33N3O3. The standard InChI is InChI=1S/C18H27N3O3.C2H6/c1-4-22-9-10-23-12-16-5-7-17(8-6-16)13-24-14-18-11-21(15(2)3)20-19-18;1-2/h5-8,11,15H,4,9-10,12-14H2,1-3H3;1-2H3. The fourth-order valence-electron chi connectivity index (χ4n) is 2.09. The summed E-state index contributed by atoms with van der Waals surface area (Å²) in [4.78, 5) is 0. The molecule has 0 saturated heterocycles. The highest BCUT2D eigenvalue weighted by Crippen LogP contribution is 2.09. The van der Waals surface area contributed by atoms with Gasteiger partial charge < -0.3 is 14.2 Å². The lowest BCUT2D eigenvalue weighted by atomic mass is 10.1. The van der Waals surface area contributed by atoms with Crippen LogP contribution in [0, 0.1) is 0 Å². The average Bonchev–Trinajstić information content (AvgIpc) is 3.14. The predicted molar refractivity (Wildman–Crippen MR) is 103 cm³/mol. The molecule has 2 aromatic rings. The van der Waals surface area contributed by atoms with Crippen molar-refractivity contribution >= 4 is 0 Å². The van der Waals surface area contributed by atoms with Crippen LogP contribution in [-0.2, 0) is 34.0 Å². The van der Waals surface area contributed by atoms with Gasteiger partial charge in [0, 0.05) is 12.6 Å². The molecule has 0 spiro atoms. The van der Waals surface area contributed by atoms with Crippen LogP contribution in [-0.4, -0.2) is 34.8 Å². The number of aromatic nitrogens is 3. The van der Waals surface area contributed by atoms with Crippen molar-refractivity contribution in [3.8, 4) is 0 Å². The maximum Gasteiger partial charge on any atom is 0.108 e. The van der Waals surface area contributed by atoms with Gasteiger partial charge in [-0.05, 0) is 31.9 Å². The first-order chi connectivity index (χ1) is 12.7. The van der Waals surface area contributed by atoms with Crippen LogP contribution in [0.15, 0.2) is 30.5 Å². The van der Waals surface area contributed by atoms with Gasteiger partial charge in [-0.15, -0.1) is 5.10 Å². The van der Waals surface area contributed by atoms with E-state index in [1.54, 1.807) is 0 Å².